The number of halogens is 1. The summed E-state index contributed by atoms with van der Waals surface area (Å²) in [6.45, 7) is 4.61. The standard InChI is InChI=1S/C20H23FN2O3/c1-13-8-15(4-6-18(13)21)5-7-19(24)23-11-17(12-23)26-16-9-14(2)22(3)20(25)10-16/h4,6,8-10,17H,5,7,11-12H2,1-3H3. The van der Waals surface area contributed by atoms with Crippen LogP contribution in [0.1, 0.15) is 23.2 Å². The molecule has 2 aromatic rings. The van der Waals surface area contributed by atoms with E-state index in [-0.39, 0.29) is 23.4 Å². The zero-order chi connectivity index (χ0) is 18.8. The Kier molecular flexibility index (Phi) is 5.11. The topological polar surface area (TPSA) is 51.5 Å². The summed E-state index contributed by atoms with van der Waals surface area (Å²) in [4.78, 5) is 25.8. The average Bonchev–Trinajstić information content (AvgIpc) is 2.56. The molecule has 1 aromatic heterocycles. The summed E-state index contributed by atoms with van der Waals surface area (Å²) in [5.74, 6) is 0.380. The van der Waals surface area contributed by atoms with Crippen LogP contribution in [0.4, 0.5) is 4.39 Å². The van der Waals surface area contributed by atoms with Gasteiger partial charge in [0.05, 0.1) is 13.1 Å². The van der Waals surface area contributed by atoms with Gasteiger partial charge >= 0.3 is 0 Å². The van der Waals surface area contributed by atoms with Crippen LogP contribution in [0.25, 0.3) is 0 Å². The van der Waals surface area contributed by atoms with Gasteiger partial charge in [-0.05, 0) is 43.5 Å². The molecular formula is C20H23FN2O3. The molecule has 26 heavy (non-hydrogen) atoms. The monoisotopic (exact) mass is 358 g/mol. The molecule has 1 fully saturated rings. The van der Waals surface area contributed by atoms with Crippen LogP contribution < -0.4 is 10.3 Å². The molecule has 0 radical (unpaired) electrons. The average molecular weight is 358 g/mol. The fraction of sp³-hybridized carbons (Fsp3) is 0.400. The summed E-state index contributed by atoms with van der Waals surface area (Å²) in [7, 11) is 1.72. The molecule has 0 spiro atoms. The maximum absolute atomic E-state index is 13.3. The highest BCUT2D eigenvalue weighted by Gasteiger charge is 2.32. The molecule has 1 amide bonds. The van der Waals surface area contributed by atoms with E-state index in [9.17, 15) is 14.0 Å². The number of pyridine rings is 1. The molecule has 5 nitrogen and oxygen atoms in total. The molecule has 1 saturated heterocycles. The minimum Gasteiger partial charge on any atom is -0.486 e. The third kappa shape index (κ3) is 3.95. The number of hydrogen-bond donors (Lipinski definition) is 0. The first kappa shape index (κ1) is 18.2. The quantitative estimate of drug-likeness (QED) is 0.825. The van der Waals surface area contributed by atoms with Crippen LogP contribution in [0.5, 0.6) is 5.75 Å². The lowest BCUT2D eigenvalue weighted by Gasteiger charge is -2.39. The van der Waals surface area contributed by atoms with Crippen molar-refractivity contribution in [2.45, 2.75) is 32.8 Å². The second-order valence-electron chi connectivity index (χ2n) is 6.85. The fourth-order valence-corrected chi connectivity index (χ4v) is 2.99. The zero-order valence-corrected chi connectivity index (χ0v) is 15.3. The Morgan fingerprint density at radius 3 is 2.62 bits per heavy atom. The van der Waals surface area contributed by atoms with Crippen molar-refractivity contribution in [3.8, 4) is 5.75 Å². The second kappa shape index (κ2) is 7.32. The summed E-state index contributed by atoms with van der Waals surface area (Å²) in [5, 5.41) is 0. The van der Waals surface area contributed by atoms with Gasteiger partial charge in [-0.25, -0.2) is 4.39 Å². The molecule has 3 rings (SSSR count). The first-order valence-electron chi connectivity index (χ1n) is 8.70. The SMILES string of the molecule is Cc1cc(CCC(=O)N2CC(Oc3cc(C)n(C)c(=O)c3)C2)ccc1F. The van der Waals surface area contributed by atoms with Crippen molar-refractivity contribution in [1.29, 1.82) is 0 Å². The molecule has 0 aliphatic carbocycles. The van der Waals surface area contributed by atoms with Gasteiger partial charge in [-0.15, -0.1) is 0 Å². The van der Waals surface area contributed by atoms with Gasteiger partial charge in [0.2, 0.25) is 5.91 Å². The third-order valence-electron chi connectivity index (χ3n) is 4.83. The summed E-state index contributed by atoms with van der Waals surface area (Å²) in [6, 6.07) is 8.23. The Balaban J connectivity index is 1.47. The highest BCUT2D eigenvalue weighted by Crippen LogP contribution is 2.19. The van der Waals surface area contributed by atoms with E-state index in [1.165, 1.54) is 12.1 Å². The number of aromatic nitrogens is 1. The molecular weight excluding hydrogens is 335 g/mol. The van der Waals surface area contributed by atoms with Crippen LogP contribution >= 0.6 is 0 Å². The number of nitrogens with zero attached hydrogens (tertiary/aromatic N) is 2. The second-order valence-corrected chi connectivity index (χ2v) is 6.85. The van der Waals surface area contributed by atoms with Crippen LogP contribution in [0.15, 0.2) is 35.1 Å². The number of likely N-dealkylation sites (tertiary alicyclic amines) is 1. The summed E-state index contributed by atoms with van der Waals surface area (Å²) >= 11 is 0. The van der Waals surface area contributed by atoms with Crippen LogP contribution in [0, 0.1) is 19.7 Å². The first-order chi connectivity index (χ1) is 12.3. The maximum Gasteiger partial charge on any atom is 0.254 e. The van der Waals surface area contributed by atoms with Crippen LogP contribution in [-0.4, -0.2) is 34.6 Å². The predicted molar refractivity (Wildman–Crippen MR) is 96.9 cm³/mol. The molecule has 1 aliphatic heterocycles. The highest BCUT2D eigenvalue weighted by atomic mass is 19.1. The normalized spacial score (nSPS) is 14.2. The van der Waals surface area contributed by atoms with E-state index >= 15 is 0 Å². The minimum absolute atomic E-state index is 0.0620. The Hall–Kier alpha value is -2.63. The lowest BCUT2D eigenvalue weighted by Crippen LogP contribution is -2.56. The molecule has 1 aromatic carbocycles. The molecule has 0 N–H and O–H groups in total. The van der Waals surface area contributed by atoms with Gasteiger partial charge in [-0.2, -0.15) is 0 Å². The lowest BCUT2D eigenvalue weighted by atomic mass is 10.0. The third-order valence-corrected chi connectivity index (χ3v) is 4.83. The van der Waals surface area contributed by atoms with Gasteiger partial charge in [-0.1, -0.05) is 12.1 Å². The van der Waals surface area contributed by atoms with E-state index in [2.05, 4.69) is 0 Å². The Bertz CT molecular complexity index is 885. The predicted octanol–water partition coefficient (Wildman–Crippen LogP) is 2.36. The zero-order valence-electron chi connectivity index (χ0n) is 15.3. The minimum atomic E-state index is -0.228. The van der Waals surface area contributed by atoms with Gasteiger partial charge in [0, 0.05) is 25.2 Å². The number of aryl methyl sites for hydroxylation is 3. The molecule has 0 bridgehead atoms. The van der Waals surface area contributed by atoms with E-state index in [0.29, 0.717) is 37.2 Å². The molecule has 138 valence electrons. The number of benzene rings is 1. The molecule has 1 aliphatic rings. The Morgan fingerprint density at radius 2 is 1.96 bits per heavy atom. The van der Waals surface area contributed by atoms with Crippen molar-refractivity contribution in [3.05, 3.63) is 63.3 Å². The van der Waals surface area contributed by atoms with E-state index in [1.807, 2.05) is 13.0 Å². The lowest BCUT2D eigenvalue weighted by molar-refractivity contribution is -0.139. The van der Waals surface area contributed by atoms with Crippen LogP contribution in [-0.2, 0) is 18.3 Å². The van der Waals surface area contributed by atoms with Crippen molar-refractivity contribution in [1.82, 2.24) is 9.47 Å². The smallest absolute Gasteiger partial charge is 0.254 e. The van der Waals surface area contributed by atoms with Gasteiger partial charge in [0.1, 0.15) is 17.7 Å². The summed E-state index contributed by atoms with van der Waals surface area (Å²) < 4.78 is 20.6. The maximum atomic E-state index is 13.3. The van der Waals surface area contributed by atoms with Crippen molar-refractivity contribution >= 4 is 5.91 Å². The van der Waals surface area contributed by atoms with Crippen molar-refractivity contribution in [2.75, 3.05) is 13.1 Å². The number of amides is 1. The molecule has 6 heteroatoms. The van der Waals surface area contributed by atoms with Gasteiger partial charge < -0.3 is 14.2 Å². The van der Waals surface area contributed by atoms with Crippen LogP contribution in [0.3, 0.4) is 0 Å². The van der Waals surface area contributed by atoms with E-state index < -0.39 is 0 Å². The number of ether oxygens (including phenoxy) is 1. The van der Waals surface area contributed by atoms with Crippen LogP contribution in [0.2, 0.25) is 0 Å². The highest BCUT2D eigenvalue weighted by molar-refractivity contribution is 5.77. The number of carbonyl (C=O) groups excluding carboxylic acids is 1. The Morgan fingerprint density at radius 1 is 1.23 bits per heavy atom. The Labute approximate surface area is 152 Å². The largest absolute Gasteiger partial charge is 0.486 e. The summed E-state index contributed by atoms with van der Waals surface area (Å²) in [5.41, 5.74) is 2.27. The van der Waals surface area contributed by atoms with Gasteiger partial charge in [0.25, 0.3) is 5.56 Å². The van der Waals surface area contributed by atoms with E-state index in [1.54, 1.807) is 35.6 Å². The van der Waals surface area contributed by atoms with Crippen molar-refractivity contribution in [2.24, 2.45) is 7.05 Å². The van der Waals surface area contributed by atoms with E-state index in [0.717, 1.165) is 11.3 Å². The van der Waals surface area contributed by atoms with Gasteiger partial charge in [0.15, 0.2) is 0 Å². The number of carbonyl (C=O) groups is 1. The number of hydrogen-bond acceptors (Lipinski definition) is 3. The van der Waals surface area contributed by atoms with E-state index in [4.69, 9.17) is 4.74 Å². The molecule has 2 heterocycles. The first-order valence-corrected chi connectivity index (χ1v) is 8.70. The molecule has 0 saturated carbocycles. The van der Waals surface area contributed by atoms with Crippen molar-refractivity contribution in [3.63, 3.8) is 0 Å². The van der Waals surface area contributed by atoms with Crippen molar-refractivity contribution < 1.29 is 13.9 Å². The van der Waals surface area contributed by atoms with Gasteiger partial charge in [-0.3, -0.25) is 9.59 Å². The summed E-state index contributed by atoms with van der Waals surface area (Å²) in [6.07, 6.45) is 0.900. The number of rotatable bonds is 5. The molecule has 0 unspecified atom stereocenters. The molecule has 0 atom stereocenters. The fourth-order valence-electron chi connectivity index (χ4n) is 2.99.